The molecule has 146 valence electrons. The summed E-state index contributed by atoms with van der Waals surface area (Å²) in [5, 5.41) is 0. The quantitative estimate of drug-likeness (QED) is 0.773. The molecule has 0 aromatic heterocycles. The van der Waals surface area contributed by atoms with Gasteiger partial charge in [0.25, 0.3) is 0 Å². The smallest absolute Gasteiger partial charge is 0.338 e. The lowest BCUT2D eigenvalue weighted by Crippen LogP contribution is -2.48. The van der Waals surface area contributed by atoms with E-state index in [9.17, 15) is 26.4 Å². The van der Waals surface area contributed by atoms with Gasteiger partial charge in [-0.3, -0.25) is 9.10 Å². The van der Waals surface area contributed by atoms with Gasteiger partial charge in [-0.2, -0.15) is 13.2 Å². The molecule has 0 aliphatic carbocycles. The van der Waals surface area contributed by atoms with Crippen molar-refractivity contribution in [2.24, 2.45) is 0 Å². The van der Waals surface area contributed by atoms with E-state index in [1.165, 1.54) is 0 Å². The Morgan fingerprint density at radius 3 is 2.35 bits per heavy atom. The highest BCUT2D eigenvalue weighted by molar-refractivity contribution is 7.92. The van der Waals surface area contributed by atoms with Crippen LogP contribution in [-0.4, -0.2) is 44.6 Å². The number of rotatable bonds is 5. The maximum Gasteiger partial charge on any atom is 0.416 e. The number of carbonyl (C=O) groups is 1. The van der Waals surface area contributed by atoms with Crippen LogP contribution in [0, 0.1) is 0 Å². The first-order chi connectivity index (χ1) is 12.0. The van der Waals surface area contributed by atoms with Gasteiger partial charge in [0.1, 0.15) is 6.54 Å². The molecule has 1 heterocycles. The second-order valence-corrected chi connectivity index (χ2v) is 8.37. The first-order valence-corrected chi connectivity index (χ1v) is 10.3. The number of piperidine rings is 1. The predicted molar refractivity (Wildman–Crippen MR) is 93.3 cm³/mol. The van der Waals surface area contributed by atoms with E-state index in [-0.39, 0.29) is 17.6 Å². The van der Waals surface area contributed by atoms with Gasteiger partial charge in [-0.05, 0) is 49.9 Å². The molecule has 1 unspecified atom stereocenters. The van der Waals surface area contributed by atoms with Gasteiger partial charge < -0.3 is 4.90 Å². The van der Waals surface area contributed by atoms with Gasteiger partial charge >= 0.3 is 6.18 Å². The number of anilines is 1. The summed E-state index contributed by atoms with van der Waals surface area (Å²) in [6.07, 6.45) is -0.0253. The minimum atomic E-state index is -4.51. The molecule has 1 aromatic rings. The monoisotopic (exact) mass is 392 g/mol. The number of carbonyl (C=O) groups excluding carboxylic acids is 1. The first kappa shape index (κ1) is 20.5. The lowest BCUT2D eigenvalue weighted by Gasteiger charge is -2.36. The zero-order valence-corrected chi connectivity index (χ0v) is 15.6. The number of nitrogens with zero attached hydrogens (tertiary/aromatic N) is 2. The van der Waals surface area contributed by atoms with Crippen LogP contribution in [0.2, 0.25) is 0 Å². The lowest BCUT2D eigenvalue weighted by molar-refractivity contribution is -0.137. The number of alkyl halides is 3. The molecule has 9 heteroatoms. The van der Waals surface area contributed by atoms with Crippen LogP contribution in [-0.2, 0) is 21.0 Å². The number of hydrogen-bond acceptors (Lipinski definition) is 3. The van der Waals surface area contributed by atoms with Gasteiger partial charge in [0.2, 0.25) is 15.9 Å². The van der Waals surface area contributed by atoms with Crippen LogP contribution in [0.15, 0.2) is 24.3 Å². The summed E-state index contributed by atoms with van der Waals surface area (Å²) in [6, 6.07) is 3.85. The van der Waals surface area contributed by atoms with E-state index in [0.29, 0.717) is 6.54 Å². The van der Waals surface area contributed by atoms with Crippen molar-refractivity contribution >= 4 is 21.6 Å². The molecule has 0 N–H and O–H groups in total. The normalized spacial score (nSPS) is 18.7. The minimum Gasteiger partial charge on any atom is -0.338 e. The van der Waals surface area contributed by atoms with Crippen molar-refractivity contribution in [2.75, 3.05) is 23.7 Å². The van der Waals surface area contributed by atoms with Crippen LogP contribution in [0.1, 0.15) is 38.2 Å². The molecule has 2 rings (SSSR count). The second-order valence-electron chi connectivity index (χ2n) is 6.46. The first-order valence-electron chi connectivity index (χ1n) is 8.48. The lowest BCUT2D eigenvalue weighted by atomic mass is 10.00. The van der Waals surface area contributed by atoms with Gasteiger partial charge in [0.15, 0.2) is 0 Å². The number of benzene rings is 1. The molecular weight excluding hydrogens is 369 g/mol. The maximum atomic E-state index is 12.7. The van der Waals surface area contributed by atoms with E-state index in [4.69, 9.17) is 0 Å². The summed E-state index contributed by atoms with van der Waals surface area (Å²) in [7, 11) is -3.82. The van der Waals surface area contributed by atoms with Crippen LogP contribution in [0.25, 0.3) is 0 Å². The highest BCUT2D eigenvalue weighted by atomic mass is 32.2. The van der Waals surface area contributed by atoms with Crippen LogP contribution in [0.3, 0.4) is 0 Å². The Hall–Kier alpha value is -1.77. The molecule has 1 aliphatic rings. The average Bonchev–Trinajstić information content (AvgIpc) is 2.57. The van der Waals surface area contributed by atoms with Crippen LogP contribution in [0.4, 0.5) is 18.9 Å². The Bertz CT molecular complexity index is 733. The summed E-state index contributed by atoms with van der Waals surface area (Å²) < 4.78 is 63.2. The third-order valence-corrected chi connectivity index (χ3v) is 5.72. The molecule has 0 bridgehead atoms. The van der Waals surface area contributed by atoms with E-state index >= 15 is 0 Å². The second kappa shape index (κ2) is 7.85. The molecule has 0 radical (unpaired) electrons. The van der Waals surface area contributed by atoms with Crippen LogP contribution < -0.4 is 4.31 Å². The fourth-order valence-corrected chi connectivity index (χ4v) is 4.03. The predicted octanol–water partition coefficient (Wildman–Crippen LogP) is 3.26. The number of hydrogen-bond donors (Lipinski definition) is 0. The van der Waals surface area contributed by atoms with Gasteiger partial charge in [0.05, 0.1) is 17.5 Å². The molecule has 1 aliphatic heterocycles. The molecule has 1 aromatic carbocycles. The SMILES string of the molecule is CCC1CCCCN1C(=O)CN(c1ccc(C(F)(F)F)cc1)S(C)(=O)=O. The van der Waals surface area contributed by atoms with Crippen molar-refractivity contribution in [1.82, 2.24) is 4.90 Å². The highest BCUT2D eigenvalue weighted by Crippen LogP contribution is 2.31. The van der Waals surface area contributed by atoms with E-state index in [1.807, 2.05) is 6.92 Å². The summed E-state index contributed by atoms with van der Waals surface area (Å²) in [4.78, 5) is 14.4. The van der Waals surface area contributed by atoms with E-state index in [2.05, 4.69) is 0 Å². The Labute approximate surface area is 151 Å². The van der Waals surface area contributed by atoms with Crippen molar-refractivity contribution in [3.05, 3.63) is 29.8 Å². The highest BCUT2D eigenvalue weighted by Gasteiger charge is 2.32. The molecule has 1 fully saturated rings. The molecule has 0 spiro atoms. The van der Waals surface area contributed by atoms with Gasteiger partial charge in [-0.15, -0.1) is 0 Å². The zero-order chi connectivity index (χ0) is 19.5. The van der Waals surface area contributed by atoms with Crippen LogP contribution in [0.5, 0.6) is 0 Å². The van der Waals surface area contributed by atoms with Crippen molar-refractivity contribution in [2.45, 2.75) is 44.8 Å². The van der Waals surface area contributed by atoms with Crippen LogP contribution >= 0.6 is 0 Å². The Kier molecular flexibility index (Phi) is 6.21. The Morgan fingerprint density at radius 1 is 1.23 bits per heavy atom. The maximum absolute atomic E-state index is 12.7. The number of sulfonamides is 1. The molecule has 1 saturated heterocycles. The van der Waals surface area contributed by atoms with Crippen molar-refractivity contribution in [1.29, 1.82) is 0 Å². The van der Waals surface area contributed by atoms with E-state index < -0.39 is 28.3 Å². The molecule has 5 nitrogen and oxygen atoms in total. The molecular formula is C17H23F3N2O3S. The van der Waals surface area contributed by atoms with Gasteiger partial charge in [-0.1, -0.05) is 6.92 Å². The summed E-state index contributed by atoms with van der Waals surface area (Å²) >= 11 is 0. The zero-order valence-electron chi connectivity index (χ0n) is 14.8. The Morgan fingerprint density at radius 2 is 1.85 bits per heavy atom. The number of amides is 1. The molecule has 1 atom stereocenters. The van der Waals surface area contributed by atoms with Crippen molar-refractivity contribution < 1.29 is 26.4 Å². The summed E-state index contributed by atoms with van der Waals surface area (Å²) in [6.45, 7) is 2.13. The topological polar surface area (TPSA) is 57.7 Å². The average molecular weight is 392 g/mol. The standard InChI is InChI=1S/C17H23F3N2O3S/c1-3-14-6-4-5-11-21(14)16(23)12-22(26(2,24)25)15-9-7-13(8-10-15)17(18,19)20/h7-10,14H,3-6,11-12H2,1-2H3. The fourth-order valence-electron chi connectivity index (χ4n) is 3.18. The largest absolute Gasteiger partial charge is 0.416 e. The third kappa shape index (κ3) is 4.90. The third-order valence-electron chi connectivity index (χ3n) is 4.58. The Balaban J connectivity index is 2.24. The van der Waals surface area contributed by atoms with Gasteiger partial charge in [0, 0.05) is 12.6 Å². The summed E-state index contributed by atoms with van der Waals surface area (Å²) in [5.74, 6) is -0.332. The molecule has 1 amide bonds. The molecule has 26 heavy (non-hydrogen) atoms. The van der Waals surface area contributed by atoms with E-state index in [0.717, 1.165) is 60.5 Å². The van der Waals surface area contributed by atoms with Crippen molar-refractivity contribution in [3.63, 3.8) is 0 Å². The van der Waals surface area contributed by atoms with Gasteiger partial charge in [-0.25, -0.2) is 8.42 Å². The van der Waals surface area contributed by atoms with E-state index in [1.54, 1.807) is 4.90 Å². The number of likely N-dealkylation sites (tertiary alicyclic amines) is 1. The minimum absolute atomic E-state index is 0.0407. The number of halogens is 3. The fraction of sp³-hybridized carbons (Fsp3) is 0.588. The molecule has 0 saturated carbocycles. The summed E-state index contributed by atoms with van der Waals surface area (Å²) in [5.41, 5.74) is -0.831. The van der Waals surface area contributed by atoms with Crippen molar-refractivity contribution in [3.8, 4) is 0 Å².